The molecule has 1 saturated carbocycles. The summed E-state index contributed by atoms with van der Waals surface area (Å²) in [5.41, 5.74) is 0.640. The lowest BCUT2D eigenvalue weighted by Gasteiger charge is -2.40. The minimum absolute atomic E-state index is 0.169. The number of nitrogens with zero attached hydrogens (tertiary/aromatic N) is 1. The molecular weight excluding hydrogens is 265 g/mol. The van der Waals surface area contributed by atoms with Gasteiger partial charge in [-0.05, 0) is 44.6 Å². The van der Waals surface area contributed by atoms with Crippen LogP contribution in [-0.2, 0) is 6.42 Å². The zero-order chi connectivity index (χ0) is 14.0. The molecule has 2 nitrogen and oxygen atoms in total. The first-order valence-corrected chi connectivity index (χ1v) is 7.13. The molecule has 19 heavy (non-hydrogen) atoms. The van der Waals surface area contributed by atoms with Gasteiger partial charge in [-0.1, -0.05) is 30.5 Å². The predicted octanol–water partition coefficient (Wildman–Crippen LogP) is 3.26. The maximum atomic E-state index is 13.0. The standard InChI is InChI=1S/C15H21ClFNO/c1-18(2)15(7-3-4-8-15)14(19)9-11-5-6-12(17)10-13(11)16/h5-6,10,14,19H,3-4,7-9H2,1-2H3. The van der Waals surface area contributed by atoms with Gasteiger partial charge in [-0.3, -0.25) is 0 Å². The van der Waals surface area contributed by atoms with Crippen molar-refractivity contribution in [2.24, 2.45) is 0 Å². The summed E-state index contributed by atoms with van der Waals surface area (Å²) in [5.74, 6) is -0.341. The quantitative estimate of drug-likeness (QED) is 0.918. The van der Waals surface area contributed by atoms with Gasteiger partial charge in [0.2, 0.25) is 0 Å². The second kappa shape index (κ2) is 5.78. The molecule has 1 fully saturated rings. The molecule has 0 aromatic heterocycles. The molecule has 0 aliphatic heterocycles. The monoisotopic (exact) mass is 285 g/mol. The minimum atomic E-state index is -0.479. The summed E-state index contributed by atoms with van der Waals surface area (Å²) in [7, 11) is 4.03. The summed E-state index contributed by atoms with van der Waals surface area (Å²) < 4.78 is 13.0. The summed E-state index contributed by atoms with van der Waals surface area (Å²) >= 11 is 6.04. The lowest BCUT2D eigenvalue weighted by Crippen LogP contribution is -2.52. The van der Waals surface area contributed by atoms with Crippen LogP contribution in [0.4, 0.5) is 4.39 Å². The molecule has 1 aliphatic rings. The number of halogens is 2. The SMILES string of the molecule is CN(C)C1(C(O)Cc2ccc(F)cc2Cl)CCCC1. The summed E-state index contributed by atoms with van der Waals surface area (Å²) in [6.07, 6.45) is 4.28. The molecule has 106 valence electrons. The third-order valence-electron chi connectivity index (χ3n) is 4.41. The second-order valence-corrected chi connectivity index (χ2v) is 6.07. The van der Waals surface area contributed by atoms with Gasteiger partial charge in [-0.2, -0.15) is 0 Å². The molecule has 2 rings (SSSR count). The number of hydrogen-bond acceptors (Lipinski definition) is 2. The summed E-state index contributed by atoms with van der Waals surface area (Å²) in [6.45, 7) is 0. The van der Waals surface area contributed by atoms with Crippen molar-refractivity contribution < 1.29 is 9.50 Å². The fourth-order valence-corrected chi connectivity index (χ4v) is 3.40. The van der Waals surface area contributed by atoms with Gasteiger partial charge in [-0.15, -0.1) is 0 Å². The van der Waals surface area contributed by atoms with Crippen molar-refractivity contribution in [3.8, 4) is 0 Å². The molecule has 1 atom stereocenters. The molecule has 1 aliphatic carbocycles. The van der Waals surface area contributed by atoms with Crippen LogP contribution in [0, 0.1) is 5.82 Å². The average molecular weight is 286 g/mol. The summed E-state index contributed by atoms with van der Waals surface area (Å²) in [6, 6.07) is 4.37. The Morgan fingerprint density at radius 1 is 1.37 bits per heavy atom. The molecule has 1 aromatic carbocycles. The summed E-state index contributed by atoms with van der Waals surface area (Å²) in [5, 5.41) is 11.0. The van der Waals surface area contributed by atoms with E-state index in [-0.39, 0.29) is 11.4 Å². The van der Waals surface area contributed by atoms with Crippen molar-refractivity contribution in [3.63, 3.8) is 0 Å². The topological polar surface area (TPSA) is 23.5 Å². The maximum absolute atomic E-state index is 13.0. The van der Waals surface area contributed by atoms with Gasteiger partial charge in [0.15, 0.2) is 0 Å². The number of hydrogen-bond donors (Lipinski definition) is 1. The Morgan fingerprint density at radius 3 is 2.53 bits per heavy atom. The molecule has 0 saturated heterocycles. The first-order chi connectivity index (χ1) is 8.95. The van der Waals surface area contributed by atoms with Crippen LogP contribution in [0.5, 0.6) is 0 Å². The van der Waals surface area contributed by atoms with Crippen molar-refractivity contribution in [1.29, 1.82) is 0 Å². The highest BCUT2D eigenvalue weighted by Crippen LogP contribution is 2.38. The predicted molar refractivity (Wildman–Crippen MR) is 76.0 cm³/mol. The third kappa shape index (κ3) is 2.93. The minimum Gasteiger partial charge on any atom is -0.391 e. The van der Waals surface area contributed by atoms with Crippen molar-refractivity contribution in [3.05, 3.63) is 34.6 Å². The fraction of sp³-hybridized carbons (Fsp3) is 0.600. The van der Waals surface area contributed by atoms with Crippen molar-refractivity contribution in [1.82, 2.24) is 4.90 Å². The van der Waals surface area contributed by atoms with Crippen LogP contribution in [0.15, 0.2) is 18.2 Å². The number of aliphatic hydroxyl groups excluding tert-OH is 1. The van der Waals surface area contributed by atoms with Crippen LogP contribution in [0.3, 0.4) is 0 Å². The highest BCUT2D eigenvalue weighted by Gasteiger charge is 2.42. The van der Waals surface area contributed by atoms with Gasteiger partial charge in [0.05, 0.1) is 6.10 Å². The zero-order valence-electron chi connectivity index (χ0n) is 11.5. The lowest BCUT2D eigenvalue weighted by molar-refractivity contribution is -0.00250. The first kappa shape index (κ1) is 14.8. The van der Waals surface area contributed by atoms with Crippen molar-refractivity contribution in [2.45, 2.75) is 43.7 Å². The van der Waals surface area contributed by atoms with Crippen molar-refractivity contribution in [2.75, 3.05) is 14.1 Å². The van der Waals surface area contributed by atoms with Crippen LogP contribution >= 0.6 is 11.6 Å². The van der Waals surface area contributed by atoms with Crippen LogP contribution in [-0.4, -0.2) is 35.7 Å². The van der Waals surface area contributed by atoms with E-state index in [2.05, 4.69) is 4.90 Å². The highest BCUT2D eigenvalue weighted by molar-refractivity contribution is 6.31. The van der Waals surface area contributed by atoms with E-state index < -0.39 is 6.10 Å². The van der Waals surface area contributed by atoms with Gasteiger partial charge < -0.3 is 10.0 Å². The molecule has 0 bridgehead atoms. The normalized spacial score (nSPS) is 19.9. The van der Waals surface area contributed by atoms with E-state index in [1.54, 1.807) is 6.07 Å². The second-order valence-electron chi connectivity index (χ2n) is 5.66. The van der Waals surface area contributed by atoms with Crippen molar-refractivity contribution >= 4 is 11.6 Å². The van der Waals surface area contributed by atoms with E-state index in [0.29, 0.717) is 11.4 Å². The molecule has 0 amide bonds. The lowest BCUT2D eigenvalue weighted by atomic mass is 9.85. The molecule has 0 radical (unpaired) electrons. The fourth-order valence-electron chi connectivity index (χ4n) is 3.15. The molecule has 1 unspecified atom stereocenters. The van der Waals surface area contributed by atoms with Crippen LogP contribution in [0.25, 0.3) is 0 Å². The van der Waals surface area contributed by atoms with Gasteiger partial charge in [0, 0.05) is 17.0 Å². The Balaban J connectivity index is 2.17. The van der Waals surface area contributed by atoms with Gasteiger partial charge in [0.25, 0.3) is 0 Å². The Hall–Kier alpha value is -0.640. The van der Waals surface area contributed by atoms with Gasteiger partial charge >= 0.3 is 0 Å². The van der Waals surface area contributed by atoms with E-state index in [1.165, 1.54) is 12.1 Å². The van der Waals surface area contributed by atoms with Crippen LogP contribution in [0.2, 0.25) is 5.02 Å². The Bertz CT molecular complexity index is 444. The molecular formula is C15H21ClFNO. The molecule has 4 heteroatoms. The summed E-state index contributed by atoms with van der Waals surface area (Å²) in [4.78, 5) is 2.13. The van der Waals surface area contributed by atoms with Crippen LogP contribution < -0.4 is 0 Å². The third-order valence-corrected chi connectivity index (χ3v) is 4.76. The Labute approximate surface area is 119 Å². The van der Waals surface area contributed by atoms with E-state index in [1.807, 2.05) is 14.1 Å². The van der Waals surface area contributed by atoms with Crippen LogP contribution in [0.1, 0.15) is 31.2 Å². The molecule has 0 spiro atoms. The molecule has 1 N–H and O–H groups in total. The van der Waals surface area contributed by atoms with E-state index >= 15 is 0 Å². The van der Waals surface area contributed by atoms with E-state index in [4.69, 9.17) is 11.6 Å². The number of aliphatic hydroxyl groups is 1. The highest BCUT2D eigenvalue weighted by atomic mass is 35.5. The van der Waals surface area contributed by atoms with Gasteiger partial charge in [0.1, 0.15) is 5.82 Å². The Kier molecular flexibility index (Phi) is 4.49. The van der Waals surface area contributed by atoms with E-state index in [9.17, 15) is 9.50 Å². The average Bonchev–Trinajstić information content (AvgIpc) is 2.83. The number of rotatable bonds is 4. The smallest absolute Gasteiger partial charge is 0.124 e. The largest absolute Gasteiger partial charge is 0.391 e. The first-order valence-electron chi connectivity index (χ1n) is 6.75. The maximum Gasteiger partial charge on any atom is 0.124 e. The Morgan fingerprint density at radius 2 is 2.00 bits per heavy atom. The molecule has 0 heterocycles. The zero-order valence-corrected chi connectivity index (χ0v) is 12.3. The van der Waals surface area contributed by atoms with E-state index in [0.717, 1.165) is 31.2 Å². The molecule has 1 aromatic rings. The number of benzene rings is 1. The number of likely N-dealkylation sites (N-methyl/N-ethyl adjacent to an activating group) is 1. The van der Waals surface area contributed by atoms with Gasteiger partial charge in [-0.25, -0.2) is 4.39 Å².